The number of aromatic nitrogens is 1. The quantitative estimate of drug-likeness (QED) is 0.677. The van der Waals surface area contributed by atoms with E-state index in [2.05, 4.69) is 10.3 Å². The Kier molecular flexibility index (Phi) is 3.75. The van der Waals surface area contributed by atoms with Crippen molar-refractivity contribution in [2.24, 2.45) is 0 Å². The minimum Gasteiger partial charge on any atom is -0.373 e. The van der Waals surface area contributed by atoms with Gasteiger partial charge in [-0.25, -0.2) is 22.5 Å². The molecule has 2 rings (SSSR count). The number of benzene rings is 1. The van der Waals surface area contributed by atoms with E-state index in [9.17, 15) is 17.6 Å². The van der Waals surface area contributed by atoms with Gasteiger partial charge in [0.25, 0.3) is 0 Å². The molecule has 1 N–H and O–H groups in total. The Morgan fingerprint density at radius 3 is 2.21 bits per heavy atom. The molecule has 0 saturated carbocycles. The van der Waals surface area contributed by atoms with Crippen LogP contribution in [0, 0.1) is 30.2 Å². The first-order valence-electron chi connectivity index (χ1n) is 5.41. The predicted molar refractivity (Wildman–Crippen MR) is 65.2 cm³/mol. The van der Waals surface area contributed by atoms with E-state index in [4.69, 9.17) is 0 Å². The molecule has 1 aromatic heterocycles. The summed E-state index contributed by atoms with van der Waals surface area (Å²) in [7, 11) is 0. The maximum atomic E-state index is 13.5. The highest BCUT2D eigenvalue weighted by atomic mass is 32.1. The molecule has 0 aliphatic rings. The van der Waals surface area contributed by atoms with E-state index in [1.165, 1.54) is 11.3 Å². The summed E-state index contributed by atoms with van der Waals surface area (Å²) >= 11 is 1.29. The Hall–Kier alpha value is -1.63. The number of nitrogens with zero attached hydrogens (tertiary/aromatic N) is 1. The molecule has 0 radical (unpaired) electrons. The average Bonchev–Trinajstić information content (AvgIpc) is 2.78. The van der Waals surface area contributed by atoms with Crippen molar-refractivity contribution in [3.63, 3.8) is 0 Å². The van der Waals surface area contributed by atoms with Crippen molar-refractivity contribution in [1.29, 1.82) is 0 Å². The lowest BCUT2D eigenvalue weighted by Gasteiger charge is -2.16. The van der Waals surface area contributed by atoms with Gasteiger partial charge in [-0.3, -0.25) is 0 Å². The highest BCUT2D eigenvalue weighted by molar-refractivity contribution is 7.09. The summed E-state index contributed by atoms with van der Waals surface area (Å²) in [6.45, 7) is 3.37. The summed E-state index contributed by atoms with van der Waals surface area (Å²) < 4.78 is 53.1. The Morgan fingerprint density at radius 1 is 1.16 bits per heavy atom. The number of halogens is 4. The SMILES string of the molecule is Cc1ncsc1C(C)Nc1c(F)c(F)cc(F)c1F. The van der Waals surface area contributed by atoms with E-state index >= 15 is 0 Å². The van der Waals surface area contributed by atoms with Gasteiger partial charge >= 0.3 is 0 Å². The van der Waals surface area contributed by atoms with Crippen LogP contribution in [0.1, 0.15) is 23.5 Å². The van der Waals surface area contributed by atoms with Gasteiger partial charge in [0.05, 0.1) is 17.2 Å². The third-order valence-corrected chi connectivity index (χ3v) is 3.76. The van der Waals surface area contributed by atoms with Crippen LogP contribution in [0.3, 0.4) is 0 Å². The van der Waals surface area contributed by atoms with Crippen LogP contribution in [-0.4, -0.2) is 4.98 Å². The van der Waals surface area contributed by atoms with Crippen LogP contribution in [0.15, 0.2) is 11.6 Å². The molecule has 0 spiro atoms. The first-order valence-corrected chi connectivity index (χ1v) is 6.29. The zero-order chi connectivity index (χ0) is 14.2. The molecule has 0 aliphatic heterocycles. The number of hydrogen-bond acceptors (Lipinski definition) is 3. The number of hydrogen-bond donors (Lipinski definition) is 1. The molecular formula is C12H10F4N2S. The molecule has 0 saturated heterocycles. The minimum atomic E-state index is -1.44. The van der Waals surface area contributed by atoms with Gasteiger partial charge in [0, 0.05) is 10.9 Å². The number of aryl methyl sites for hydroxylation is 1. The van der Waals surface area contributed by atoms with E-state index in [0.717, 1.165) is 4.88 Å². The molecule has 0 amide bonds. The molecule has 1 heterocycles. The van der Waals surface area contributed by atoms with Gasteiger partial charge < -0.3 is 5.32 Å². The van der Waals surface area contributed by atoms with Crippen LogP contribution in [0.5, 0.6) is 0 Å². The van der Waals surface area contributed by atoms with Crippen LogP contribution in [0.2, 0.25) is 0 Å². The predicted octanol–water partition coefficient (Wildman–Crippen LogP) is 4.18. The van der Waals surface area contributed by atoms with Crippen molar-refractivity contribution in [2.75, 3.05) is 5.32 Å². The highest BCUT2D eigenvalue weighted by Gasteiger charge is 2.21. The third kappa shape index (κ3) is 2.56. The van der Waals surface area contributed by atoms with Gasteiger partial charge in [0.2, 0.25) is 0 Å². The Balaban J connectivity index is 2.37. The summed E-state index contributed by atoms with van der Waals surface area (Å²) in [4.78, 5) is 4.74. The van der Waals surface area contributed by atoms with E-state index in [0.29, 0.717) is 5.69 Å². The molecule has 19 heavy (non-hydrogen) atoms. The number of thiazole rings is 1. The lowest BCUT2D eigenvalue weighted by molar-refractivity contribution is 0.457. The smallest absolute Gasteiger partial charge is 0.185 e. The van der Waals surface area contributed by atoms with Crippen molar-refractivity contribution in [3.8, 4) is 0 Å². The monoisotopic (exact) mass is 290 g/mol. The molecule has 0 aliphatic carbocycles. The Labute approximate surface area is 111 Å². The Bertz CT molecular complexity index is 586. The van der Waals surface area contributed by atoms with E-state index in [-0.39, 0.29) is 6.07 Å². The number of nitrogens with one attached hydrogen (secondary N) is 1. The third-order valence-electron chi connectivity index (χ3n) is 2.65. The van der Waals surface area contributed by atoms with Crippen molar-refractivity contribution in [1.82, 2.24) is 4.98 Å². The summed E-state index contributed by atoms with van der Waals surface area (Å²) in [5.41, 5.74) is 1.47. The Morgan fingerprint density at radius 2 is 1.74 bits per heavy atom. The van der Waals surface area contributed by atoms with Crippen LogP contribution in [0.25, 0.3) is 0 Å². The summed E-state index contributed by atoms with van der Waals surface area (Å²) in [6.07, 6.45) is 0. The second kappa shape index (κ2) is 5.16. The lowest BCUT2D eigenvalue weighted by atomic mass is 10.2. The number of rotatable bonds is 3. The lowest BCUT2D eigenvalue weighted by Crippen LogP contribution is -2.11. The molecule has 2 nitrogen and oxygen atoms in total. The highest BCUT2D eigenvalue weighted by Crippen LogP contribution is 2.30. The van der Waals surface area contributed by atoms with Gasteiger partial charge in [-0.15, -0.1) is 11.3 Å². The van der Waals surface area contributed by atoms with Crippen LogP contribution in [0.4, 0.5) is 23.2 Å². The van der Waals surface area contributed by atoms with E-state index in [1.54, 1.807) is 19.4 Å². The van der Waals surface area contributed by atoms with Crippen LogP contribution in [-0.2, 0) is 0 Å². The van der Waals surface area contributed by atoms with Crippen molar-refractivity contribution < 1.29 is 17.6 Å². The molecule has 1 aromatic carbocycles. The maximum absolute atomic E-state index is 13.5. The summed E-state index contributed by atoms with van der Waals surface area (Å²) in [6, 6.07) is -0.337. The molecule has 7 heteroatoms. The van der Waals surface area contributed by atoms with Gasteiger partial charge in [-0.2, -0.15) is 0 Å². The molecule has 1 atom stereocenters. The standard InChI is InChI=1S/C12H10F4N2S/c1-5-12(19-4-17-5)6(2)18-11-9(15)7(13)3-8(14)10(11)16/h3-4,6,18H,1-2H3. The summed E-state index contributed by atoms with van der Waals surface area (Å²) in [5.74, 6) is -5.75. The second-order valence-electron chi connectivity index (χ2n) is 4.01. The molecule has 2 aromatic rings. The molecule has 0 bridgehead atoms. The molecule has 0 fully saturated rings. The summed E-state index contributed by atoms with van der Waals surface area (Å²) in [5, 5.41) is 2.44. The van der Waals surface area contributed by atoms with E-state index < -0.39 is 35.0 Å². The first-order chi connectivity index (χ1) is 8.91. The number of anilines is 1. The van der Waals surface area contributed by atoms with Crippen molar-refractivity contribution >= 4 is 17.0 Å². The van der Waals surface area contributed by atoms with Gasteiger partial charge in [0.15, 0.2) is 23.3 Å². The fraction of sp³-hybridized carbons (Fsp3) is 0.250. The topological polar surface area (TPSA) is 24.9 Å². The normalized spacial score (nSPS) is 12.5. The van der Waals surface area contributed by atoms with Gasteiger partial charge in [-0.05, 0) is 13.8 Å². The average molecular weight is 290 g/mol. The van der Waals surface area contributed by atoms with Gasteiger partial charge in [0.1, 0.15) is 5.69 Å². The van der Waals surface area contributed by atoms with Crippen LogP contribution < -0.4 is 5.32 Å². The first kappa shape index (κ1) is 13.8. The maximum Gasteiger partial charge on any atom is 0.185 e. The fourth-order valence-corrected chi connectivity index (χ4v) is 2.52. The molecule has 102 valence electrons. The minimum absolute atomic E-state index is 0.179. The fourth-order valence-electron chi connectivity index (χ4n) is 1.71. The van der Waals surface area contributed by atoms with Crippen molar-refractivity contribution in [2.45, 2.75) is 19.9 Å². The van der Waals surface area contributed by atoms with E-state index in [1.807, 2.05) is 0 Å². The second-order valence-corrected chi connectivity index (χ2v) is 4.90. The van der Waals surface area contributed by atoms with Crippen LogP contribution >= 0.6 is 11.3 Å². The van der Waals surface area contributed by atoms with Crippen molar-refractivity contribution in [3.05, 3.63) is 45.4 Å². The zero-order valence-corrected chi connectivity index (χ0v) is 10.9. The molecule has 1 unspecified atom stereocenters. The zero-order valence-electron chi connectivity index (χ0n) is 10.1. The van der Waals surface area contributed by atoms with Gasteiger partial charge in [-0.1, -0.05) is 0 Å². The molecular weight excluding hydrogens is 280 g/mol. The largest absolute Gasteiger partial charge is 0.373 e.